The van der Waals surface area contributed by atoms with Crippen LogP contribution in [0.3, 0.4) is 0 Å². The molecule has 0 aromatic carbocycles. The van der Waals surface area contributed by atoms with E-state index in [9.17, 15) is 32.4 Å². The summed E-state index contributed by atoms with van der Waals surface area (Å²) in [5, 5.41) is 11.3. The summed E-state index contributed by atoms with van der Waals surface area (Å²) in [6, 6.07) is -3.78. The van der Waals surface area contributed by atoms with Gasteiger partial charge in [0.2, 0.25) is 17.6 Å². The van der Waals surface area contributed by atoms with E-state index in [2.05, 4.69) is 27.2 Å². The quantitative estimate of drug-likeness (QED) is 0.179. The van der Waals surface area contributed by atoms with Gasteiger partial charge in [-0.3, -0.25) is 19.2 Å². The lowest BCUT2D eigenvalue weighted by atomic mass is 9.83. The number of rotatable bonds is 12. The standard InChI is InChI=1S/C36H57N5O7S/c1-10-11-15-24(27(42)30(44)37-22-16-17-22)38-29(43)26-25-23(35(25,8)9)20-41(26)31(45)28(33(2,3)4)39-32(46)40-36(18-13-12-14-19-36)21-49(47,48)34(5,6)7/h1,22-26,28H,11-21H2,2-9H3,(H,37,44)(H,38,43)(H2,39,40,46)/t23-,24?,25-,26-,28+/m0/s1. The van der Waals surface area contributed by atoms with Crippen molar-refractivity contribution in [3.63, 3.8) is 0 Å². The van der Waals surface area contributed by atoms with Gasteiger partial charge in [-0.15, -0.1) is 12.3 Å². The number of carbonyl (C=O) groups is 5. The average Bonchev–Trinajstić information content (AvgIpc) is 3.83. The van der Waals surface area contributed by atoms with Gasteiger partial charge in [-0.1, -0.05) is 53.9 Å². The third kappa shape index (κ3) is 8.61. The van der Waals surface area contributed by atoms with Gasteiger partial charge in [0, 0.05) is 19.0 Å². The first-order valence-corrected chi connectivity index (χ1v) is 19.4. The van der Waals surface area contributed by atoms with Crippen LogP contribution < -0.4 is 21.3 Å². The number of piperidine rings is 1. The lowest BCUT2D eigenvalue weighted by Gasteiger charge is -2.41. The minimum atomic E-state index is -3.57. The number of carbonyl (C=O) groups excluding carboxylic acids is 5. The van der Waals surface area contributed by atoms with Crippen LogP contribution in [0.15, 0.2) is 0 Å². The molecule has 4 rings (SSSR count). The summed E-state index contributed by atoms with van der Waals surface area (Å²) < 4.78 is 25.6. The maximum absolute atomic E-state index is 14.4. The number of ketones is 1. The molecule has 3 saturated carbocycles. The summed E-state index contributed by atoms with van der Waals surface area (Å²) in [6.45, 7) is 14.8. The molecule has 5 amide bonds. The van der Waals surface area contributed by atoms with Gasteiger partial charge in [-0.25, -0.2) is 13.2 Å². The number of nitrogens with zero attached hydrogens (tertiary/aromatic N) is 1. The van der Waals surface area contributed by atoms with Crippen LogP contribution in [0, 0.1) is 35.0 Å². The first kappa shape index (κ1) is 38.7. The number of hydrogen-bond donors (Lipinski definition) is 4. The fourth-order valence-corrected chi connectivity index (χ4v) is 9.07. The number of fused-ring (bicyclic) bond motifs is 1. The van der Waals surface area contributed by atoms with Crippen LogP contribution in [0.1, 0.15) is 113 Å². The van der Waals surface area contributed by atoms with E-state index in [4.69, 9.17) is 6.42 Å². The van der Waals surface area contributed by atoms with Crippen molar-refractivity contribution in [1.82, 2.24) is 26.2 Å². The van der Waals surface area contributed by atoms with E-state index in [1.54, 1.807) is 20.8 Å². The molecule has 0 aromatic rings. The summed E-state index contributed by atoms with van der Waals surface area (Å²) in [5.74, 6) is -0.382. The Kier molecular flexibility index (Phi) is 10.9. The van der Waals surface area contributed by atoms with Crippen molar-refractivity contribution in [2.45, 2.75) is 148 Å². The Balaban J connectivity index is 1.55. The Morgan fingerprint density at radius 2 is 1.57 bits per heavy atom. The number of likely N-dealkylation sites (tertiary alicyclic amines) is 1. The largest absolute Gasteiger partial charge is 0.347 e. The normalized spacial score (nSPS) is 25.5. The van der Waals surface area contributed by atoms with E-state index in [0.717, 1.165) is 32.1 Å². The monoisotopic (exact) mass is 703 g/mol. The highest BCUT2D eigenvalue weighted by atomic mass is 32.2. The van der Waals surface area contributed by atoms with Crippen molar-refractivity contribution < 1.29 is 32.4 Å². The van der Waals surface area contributed by atoms with Crippen LogP contribution in [-0.4, -0.2) is 89.6 Å². The zero-order valence-electron chi connectivity index (χ0n) is 30.5. The summed E-state index contributed by atoms with van der Waals surface area (Å²) in [4.78, 5) is 69.4. The molecule has 0 spiro atoms. The van der Waals surface area contributed by atoms with Gasteiger partial charge in [0.1, 0.15) is 12.1 Å². The average molecular weight is 704 g/mol. The van der Waals surface area contributed by atoms with Gasteiger partial charge in [0.25, 0.3) is 5.91 Å². The number of amides is 5. The highest BCUT2D eigenvalue weighted by Crippen LogP contribution is 2.65. The summed E-state index contributed by atoms with van der Waals surface area (Å²) in [7, 11) is -3.57. The van der Waals surface area contributed by atoms with Crippen LogP contribution in [0.4, 0.5) is 4.79 Å². The molecule has 0 aromatic heterocycles. The van der Waals surface area contributed by atoms with Crippen LogP contribution in [0.5, 0.6) is 0 Å². The van der Waals surface area contributed by atoms with Crippen molar-refractivity contribution in [3.05, 3.63) is 0 Å². The molecule has 0 radical (unpaired) electrons. The Morgan fingerprint density at radius 3 is 2.10 bits per heavy atom. The Bertz CT molecular complexity index is 1480. The van der Waals surface area contributed by atoms with Crippen LogP contribution in [-0.2, 0) is 29.0 Å². The van der Waals surface area contributed by atoms with E-state index in [-0.39, 0.29) is 41.9 Å². The van der Waals surface area contributed by atoms with Gasteiger partial charge in [0.15, 0.2) is 9.84 Å². The van der Waals surface area contributed by atoms with Gasteiger partial charge in [-0.2, -0.15) is 0 Å². The molecule has 3 aliphatic carbocycles. The minimum absolute atomic E-state index is 0.0350. The molecule has 274 valence electrons. The molecule has 1 heterocycles. The number of nitrogens with one attached hydrogen (secondary N) is 4. The molecule has 4 N–H and O–H groups in total. The zero-order valence-corrected chi connectivity index (χ0v) is 31.3. The highest BCUT2D eigenvalue weighted by Gasteiger charge is 2.70. The van der Waals surface area contributed by atoms with Gasteiger partial charge in [0.05, 0.1) is 22.1 Å². The molecule has 1 saturated heterocycles. The maximum atomic E-state index is 14.4. The molecule has 13 heteroatoms. The van der Waals surface area contributed by atoms with Crippen molar-refractivity contribution in [2.75, 3.05) is 12.3 Å². The fourth-order valence-electron chi connectivity index (χ4n) is 7.55. The van der Waals surface area contributed by atoms with Crippen LogP contribution in [0.25, 0.3) is 0 Å². The highest BCUT2D eigenvalue weighted by molar-refractivity contribution is 7.92. The second-order valence-corrected chi connectivity index (χ2v) is 20.2. The number of hydrogen-bond acceptors (Lipinski definition) is 7. The smallest absolute Gasteiger partial charge is 0.315 e. The Labute approximate surface area is 292 Å². The van der Waals surface area contributed by atoms with Gasteiger partial charge < -0.3 is 26.2 Å². The van der Waals surface area contributed by atoms with Crippen molar-refractivity contribution in [2.24, 2.45) is 22.7 Å². The lowest BCUT2D eigenvalue weighted by molar-refractivity contribution is -0.145. The predicted octanol–water partition coefficient (Wildman–Crippen LogP) is 2.85. The molecule has 4 aliphatic rings. The fraction of sp³-hybridized carbons (Fsp3) is 0.806. The molecular formula is C36H57N5O7S. The van der Waals surface area contributed by atoms with Gasteiger partial charge >= 0.3 is 6.03 Å². The second-order valence-electron chi connectivity index (χ2n) is 17.4. The topological polar surface area (TPSA) is 171 Å². The van der Waals surface area contributed by atoms with Crippen molar-refractivity contribution >= 4 is 39.4 Å². The van der Waals surface area contributed by atoms with E-state index >= 15 is 0 Å². The van der Waals surface area contributed by atoms with E-state index < -0.39 is 73.2 Å². The van der Waals surface area contributed by atoms with E-state index in [1.807, 2.05) is 34.6 Å². The molecule has 1 aliphatic heterocycles. The van der Waals surface area contributed by atoms with Crippen LogP contribution >= 0.6 is 0 Å². The lowest BCUT2D eigenvalue weighted by Crippen LogP contribution is -2.64. The van der Waals surface area contributed by atoms with Gasteiger partial charge in [-0.05, 0) is 75.5 Å². The number of sulfone groups is 1. The molecule has 5 atom stereocenters. The molecule has 49 heavy (non-hydrogen) atoms. The first-order valence-electron chi connectivity index (χ1n) is 17.7. The molecule has 4 fully saturated rings. The summed E-state index contributed by atoms with van der Waals surface area (Å²) in [5.41, 5.74) is -1.97. The minimum Gasteiger partial charge on any atom is -0.347 e. The number of Topliss-reactive ketones (excluding diaryl/α,β-unsaturated/α-hetero) is 1. The Hall–Kier alpha value is -3.14. The molecule has 12 nitrogen and oxygen atoms in total. The van der Waals surface area contributed by atoms with Crippen molar-refractivity contribution in [1.29, 1.82) is 0 Å². The Morgan fingerprint density at radius 1 is 0.959 bits per heavy atom. The van der Waals surface area contributed by atoms with E-state index in [0.29, 0.717) is 19.4 Å². The molecule has 1 unspecified atom stereocenters. The SMILES string of the molecule is C#CCCC(NC(=O)[C@@H]1[C@@H]2[C@H](CN1C(=O)[C@@H](NC(=O)NC1(CS(=O)(=O)C(C)(C)C)CCCCC1)C(C)(C)C)C2(C)C)C(=O)C(=O)NC1CC1. The van der Waals surface area contributed by atoms with Crippen LogP contribution in [0.2, 0.25) is 0 Å². The molecule has 0 bridgehead atoms. The molecular weight excluding hydrogens is 646 g/mol. The third-order valence-electron chi connectivity index (χ3n) is 11.1. The zero-order chi connectivity index (χ0) is 36.7. The maximum Gasteiger partial charge on any atom is 0.315 e. The predicted molar refractivity (Wildman–Crippen MR) is 187 cm³/mol. The summed E-state index contributed by atoms with van der Waals surface area (Å²) in [6.07, 6.45) is 10.8. The van der Waals surface area contributed by atoms with Crippen molar-refractivity contribution in [3.8, 4) is 12.3 Å². The van der Waals surface area contributed by atoms with E-state index in [1.165, 1.54) is 4.90 Å². The number of urea groups is 1. The summed E-state index contributed by atoms with van der Waals surface area (Å²) >= 11 is 0. The third-order valence-corrected chi connectivity index (χ3v) is 13.9. The number of terminal acetylenes is 1. The first-order chi connectivity index (χ1) is 22.5. The second kappa shape index (κ2) is 13.9.